The molecule has 6 rings (SSSR count). The number of fused-ring (bicyclic) bond motifs is 6. The van der Waals surface area contributed by atoms with Crippen LogP contribution >= 0.6 is 0 Å². The number of alkyl halides is 4. The number of carbonyl (C=O) groups is 1. The highest BCUT2D eigenvalue weighted by Gasteiger charge is 2.47. The van der Waals surface area contributed by atoms with Crippen molar-refractivity contribution in [3.05, 3.63) is 65.4 Å². The van der Waals surface area contributed by atoms with Crippen molar-refractivity contribution in [3.63, 3.8) is 0 Å². The van der Waals surface area contributed by atoms with Crippen molar-refractivity contribution in [2.75, 3.05) is 12.3 Å². The van der Waals surface area contributed by atoms with Crippen LogP contribution in [-0.2, 0) is 6.18 Å². The molecule has 0 radical (unpaired) electrons. The Hall–Kier alpha value is -3.96. The first-order chi connectivity index (χ1) is 16.6. The molecule has 12 heteroatoms. The van der Waals surface area contributed by atoms with Crippen LogP contribution < -0.4 is 10.5 Å². The van der Waals surface area contributed by atoms with Gasteiger partial charge in [0.2, 0.25) is 0 Å². The Morgan fingerprint density at radius 1 is 1.17 bits per heavy atom. The van der Waals surface area contributed by atoms with Gasteiger partial charge >= 0.3 is 6.18 Å². The molecule has 2 aliphatic heterocycles. The lowest BCUT2D eigenvalue weighted by Gasteiger charge is -2.38. The zero-order chi connectivity index (χ0) is 24.6. The fourth-order valence-corrected chi connectivity index (χ4v) is 4.91. The lowest BCUT2D eigenvalue weighted by atomic mass is 9.92. The number of likely N-dealkylation sites (tertiary alicyclic amines) is 1. The predicted molar refractivity (Wildman–Crippen MR) is 114 cm³/mol. The van der Waals surface area contributed by atoms with Crippen LogP contribution in [0.2, 0.25) is 0 Å². The molecular weight excluding hydrogens is 473 g/mol. The first-order valence-corrected chi connectivity index (χ1v) is 10.7. The first-order valence-electron chi connectivity index (χ1n) is 10.7. The molecule has 4 aromatic rings. The minimum absolute atomic E-state index is 0.0690. The zero-order valence-corrected chi connectivity index (χ0v) is 17.8. The largest absolute Gasteiger partial charge is 0.487 e. The second-order valence-corrected chi connectivity index (χ2v) is 8.61. The zero-order valence-electron chi connectivity index (χ0n) is 17.8. The summed E-state index contributed by atoms with van der Waals surface area (Å²) in [6.45, 7) is -0.359. The summed E-state index contributed by atoms with van der Waals surface area (Å²) in [7, 11) is 0. The number of anilines is 1. The van der Waals surface area contributed by atoms with E-state index in [9.17, 15) is 22.4 Å². The normalized spacial score (nSPS) is 21.7. The third-order valence-corrected chi connectivity index (χ3v) is 6.47. The Labute approximate surface area is 193 Å². The van der Waals surface area contributed by atoms with Crippen LogP contribution in [-0.4, -0.2) is 44.0 Å². The minimum atomic E-state index is -4.59. The molecule has 0 aliphatic carbocycles. The molecule has 3 unspecified atom stereocenters. The number of hydrogen-bond donors (Lipinski definition) is 1. The van der Waals surface area contributed by atoms with Crippen molar-refractivity contribution in [1.82, 2.24) is 19.3 Å². The van der Waals surface area contributed by atoms with Gasteiger partial charge in [-0.05, 0) is 18.2 Å². The molecule has 180 valence electrons. The van der Waals surface area contributed by atoms with Crippen LogP contribution in [0.25, 0.3) is 16.6 Å². The van der Waals surface area contributed by atoms with Crippen molar-refractivity contribution in [3.8, 4) is 5.75 Å². The molecule has 4 heterocycles. The van der Waals surface area contributed by atoms with Crippen LogP contribution in [0.1, 0.15) is 33.9 Å². The molecule has 1 saturated heterocycles. The van der Waals surface area contributed by atoms with Crippen molar-refractivity contribution in [2.45, 2.75) is 30.9 Å². The van der Waals surface area contributed by atoms with Gasteiger partial charge in [-0.1, -0.05) is 6.07 Å². The first kappa shape index (κ1) is 21.6. The molecule has 2 N–H and O–H groups in total. The molecule has 3 atom stereocenters. The van der Waals surface area contributed by atoms with Gasteiger partial charge in [0.25, 0.3) is 5.91 Å². The summed E-state index contributed by atoms with van der Waals surface area (Å²) in [5, 5.41) is 0. The van der Waals surface area contributed by atoms with Gasteiger partial charge in [0, 0.05) is 18.1 Å². The van der Waals surface area contributed by atoms with E-state index < -0.39 is 41.8 Å². The maximum absolute atomic E-state index is 15.1. The second kappa shape index (κ2) is 7.27. The monoisotopic (exact) mass is 489 g/mol. The number of benzene rings is 2. The van der Waals surface area contributed by atoms with Crippen LogP contribution in [0.3, 0.4) is 0 Å². The van der Waals surface area contributed by atoms with Gasteiger partial charge in [0.1, 0.15) is 35.2 Å². The fourth-order valence-electron chi connectivity index (χ4n) is 4.91. The van der Waals surface area contributed by atoms with Gasteiger partial charge in [-0.15, -0.1) is 0 Å². The van der Waals surface area contributed by atoms with Crippen LogP contribution in [0.5, 0.6) is 5.75 Å². The number of nitrogen functional groups attached to an aromatic ring is 1. The van der Waals surface area contributed by atoms with Gasteiger partial charge in [-0.25, -0.2) is 18.7 Å². The highest BCUT2D eigenvalue weighted by atomic mass is 19.4. The number of rotatable bonds is 1. The van der Waals surface area contributed by atoms with Crippen molar-refractivity contribution < 1.29 is 31.5 Å². The molecule has 1 amide bonds. The number of nitrogens with zero attached hydrogens (tertiary/aromatic N) is 4. The summed E-state index contributed by atoms with van der Waals surface area (Å²) in [4.78, 5) is 22.8. The number of piperidine rings is 1. The predicted octanol–water partition coefficient (Wildman–Crippen LogP) is 4.31. The molecule has 0 saturated carbocycles. The molecular formula is C23H16F5N5O2. The molecule has 2 aliphatic rings. The van der Waals surface area contributed by atoms with E-state index in [4.69, 9.17) is 10.5 Å². The SMILES string of the molecule is Nc1nc2cc(F)c(C(=O)N3CC(F)CC4Oc5cc(C(F)(F)F)ccc5C43)cc2n2cncc12. The van der Waals surface area contributed by atoms with Gasteiger partial charge < -0.3 is 15.4 Å². The van der Waals surface area contributed by atoms with Crippen molar-refractivity contribution >= 4 is 28.3 Å². The standard InChI is InChI=1S/C23H16F5N5O2/c24-11-4-19-20(12-2-1-10(23(26,27)28)3-18(12)35-19)32(8-11)22(34)13-5-16-15(6-14(13)25)31-21(29)17-7-30-9-33(16)17/h1-3,5-7,9,11,19-20H,4,8H2,(H2,29,31). The molecule has 1 fully saturated rings. The fraction of sp³-hybridized carbons (Fsp3) is 0.261. The lowest BCUT2D eigenvalue weighted by molar-refractivity contribution is -0.137. The van der Waals surface area contributed by atoms with Gasteiger partial charge in [0.15, 0.2) is 0 Å². The number of aromatic nitrogens is 3. The lowest BCUT2D eigenvalue weighted by Crippen LogP contribution is -2.49. The van der Waals surface area contributed by atoms with Gasteiger partial charge in [-0.2, -0.15) is 13.2 Å². The Bertz CT molecular complexity index is 1520. The van der Waals surface area contributed by atoms with Gasteiger partial charge in [0.05, 0.1) is 47.3 Å². The van der Waals surface area contributed by atoms with E-state index in [0.717, 1.165) is 23.1 Å². The number of imidazole rings is 1. The summed E-state index contributed by atoms with van der Waals surface area (Å²) in [5.41, 5.74) is 5.96. The maximum atomic E-state index is 15.1. The summed E-state index contributed by atoms with van der Waals surface area (Å²) in [5.74, 6) is -1.65. The summed E-state index contributed by atoms with van der Waals surface area (Å²) in [6.07, 6.45) is -4.18. The molecule has 2 aromatic heterocycles. The quantitative estimate of drug-likeness (QED) is 0.403. The average Bonchev–Trinajstić information content (AvgIpc) is 3.42. The van der Waals surface area contributed by atoms with E-state index in [0.29, 0.717) is 16.6 Å². The average molecular weight is 489 g/mol. The Balaban J connectivity index is 1.44. The highest BCUT2D eigenvalue weighted by Crippen LogP contribution is 2.47. The summed E-state index contributed by atoms with van der Waals surface area (Å²) in [6, 6.07) is 4.43. The van der Waals surface area contributed by atoms with E-state index >= 15 is 4.39 Å². The smallest absolute Gasteiger partial charge is 0.416 e. The summed E-state index contributed by atoms with van der Waals surface area (Å²) >= 11 is 0. The van der Waals surface area contributed by atoms with E-state index in [-0.39, 0.29) is 35.6 Å². The topological polar surface area (TPSA) is 85.8 Å². The highest BCUT2D eigenvalue weighted by molar-refractivity contribution is 5.99. The van der Waals surface area contributed by atoms with E-state index in [1.807, 2.05) is 0 Å². The number of carbonyl (C=O) groups excluding carboxylic acids is 1. The minimum Gasteiger partial charge on any atom is -0.487 e. The molecule has 7 nitrogen and oxygen atoms in total. The molecule has 2 aromatic carbocycles. The second-order valence-electron chi connectivity index (χ2n) is 8.61. The van der Waals surface area contributed by atoms with Crippen LogP contribution in [0.4, 0.5) is 27.8 Å². The number of ether oxygens (including phenoxy) is 1. The molecule has 0 bridgehead atoms. The molecule has 0 spiro atoms. The van der Waals surface area contributed by atoms with Crippen LogP contribution in [0.15, 0.2) is 42.9 Å². The number of hydrogen-bond acceptors (Lipinski definition) is 5. The van der Waals surface area contributed by atoms with Gasteiger partial charge in [-0.3, -0.25) is 9.20 Å². The van der Waals surface area contributed by atoms with Crippen LogP contribution in [0, 0.1) is 5.82 Å². The Kier molecular flexibility index (Phi) is 4.48. The van der Waals surface area contributed by atoms with E-state index in [1.165, 1.54) is 24.7 Å². The van der Waals surface area contributed by atoms with Crippen molar-refractivity contribution in [1.29, 1.82) is 0 Å². The number of halogens is 5. The maximum Gasteiger partial charge on any atom is 0.416 e. The molecule has 35 heavy (non-hydrogen) atoms. The number of nitrogens with two attached hydrogens (primary N) is 1. The summed E-state index contributed by atoms with van der Waals surface area (Å²) < 4.78 is 76.4. The Morgan fingerprint density at radius 3 is 2.74 bits per heavy atom. The number of amides is 1. The third-order valence-electron chi connectivity index (χ3n) is 6.47. The van der Waals surface area contributed by atoms with Crippen molar-refractivity contribution in [2.24, 2.45) is 0 Å². The third kappa shape index (κ3) is 3.27. The Morgan fingerprint density at radius 2 is 1.97 bits per heavy atom. The van der Waals surface area contributed by atoms with E-state index in [2.05, 4.69) is 9.97 Å². The van der Waals surface area contributed by atoms with E-state index in [1.54, 1.807) is 4.40 Å².